The molecule has 0 radical (unpaired) electrons. The molecule has 1 saturated heterocycles. The van der Waals surface area contributed by atoms with Crippen molar-refractivity contribution >= 4 is 0 Å². The Morgan fingerprint density at radius 1 is 1.25 bits per heavy atom. The van der Waals surface area contributed by atoms with Crippen LogP contribution in [0.2, 0.25) is 0 Å². The van der Waals surface area contributed by atoms with Crippen LogP contribution in [0.4, 0.5) is 0 Å². The van der Waals surface area contributed by atoms with E-state index in [9.17, 15) is 15.0 Å². The molecule has 4 unspecified atom stereocenters. The number of aliphatic hydroxyl groups excluding tert-OH is 3. The first-order chi connectivity index (χ1) is 7.63. The molecular formula is C10H13NO5. The highest BCUT2D eigenvalue weighted by Crippen LogP contribution is 2.28. The fraction of sp³-hybridized carbons (Fsp3) is 0.500. The van der Waals surface area contributed by atoms with Crippen LogP contribution in [0.1, 0.15) is 6.23 Å². The van der Waals surface area contributed by atoms with Crippen molar-refractivity contribution in [2.75, 3.05) is 6.61 Å². The lowest BCUT2D eigenvalue weighted by Gasteiger charge is -2.17. The third-order valence-corrected chi connectivity index (χ3v) is 2.63. The van der Waals surface area contributed by atoms with Crippen LogP contribution in [-0.4, -0.2) is 44.8 Å². The van der Waals surface area contributed by atoms with E-state index in [1.54, 1.807) is 0 Å². The number of hydrogen-bond donors (Lipinski definition) is 3. The fourth-order valence-corrected chi connectivity index (χ4v) is 1.72. The Balaban J connectivity index is 2.22. The Morgan fingerprint density at radius 3 is 2.38 bits per heavy atom. The first kappa shape index (κ1) is 11.3. The Bertz CT molecular complexity index is 397. The molecule has 16 heavy (non-hydrogen) atoms. The summed E-state index contributed by atoms with van der Waals surface area (Å²) in [6, 6.07) is 2.66. The van der Waals surface area contributed by atoms with E-state index in [0.29, 0.717) is 0 Å². The molecule has 88 valence electrons. The molecule has 1 aromatic heterocycles. The van der Waals surface area contributed by atoms with Crippen LogP contribution < -0.4 is 5.43 Å². The SMILES string of the molecule is O=c1ccn(C2OC(CO)C(O)C2O)cc1. The lowest BCUT2D eigenvalue weighted by molar-refractivity contribution is -0.0530. The van der Waals surface area contributed by atoms with Gasteiger partial charge in [-0.1, -0.05) is 0 Å². The number of ether oxygens (including phenoxy) is 1. The quantitative estimate of drug-likeness (QED) is 0.569. The Kier molecular flexibility index (Phi) is 3.06. The number of pyridine rings is 1. The first-order valence-corrected chi connectivity index (χ1v) is 4.94. The number of aromatic nitrogens is 1. The van der Waals surface area contributed by atoms with Crippen LogP contribution in [0.5, 0.6) is 0 Å². The maximum atomic E-state index is 10.9. The maximum absolute atomic E-state index is 10.9. The lowest BCUT2D eigenvalue weighted by Crippen LogP contribution is -2.33. The van der Waals surface area contributed by atoms with E-state index in [2.05, 4.69) is 0 Å². The molecule has 1 aliphatic heterocycles. The zero-order valence-corrected chi connectivity index (χ0v) is 8.43. The van der Waals surface area contributed by atoms with Gasteiger partial charge >= 0.3 is 0 Å². The van der Waals surface area contributed by atoms with Gasteiger partial charge in [0.2, 0.25) is 0 Å². The van der Waals surface area contributed by atoms with Crippen LogP contribution in [0.25, 0.3) is 0 Å². The number of hydrogen-bond acceptors (Lipinski definition) is 5. The molecule has 3 N–H and O–H groups in total. The van der Waals surface area contributed by atoms with Gasteiger partial charge in [0, 0.05) is 24.5 Å². The maximum Gasteiger partial charge on any atom is 0.181 e. The molecule has 1 aromatic rings. The van der Waals surface area contributed by atoms with Crippen molar-refractivity contribution in [3.8, 4) is 0 Å². The third kappa shape index (κ3) is 1.88. The highest BCUT2D eigenvalue weighted by molar-refractivity contribution is 4.98. The molecule has 0 aromatic carbocycles. The van der Waals surface area contributed by atoms with E-state index in [4.69, 9.17) is 9.84 Å². The average Bonchev–Trinajstić information content (AvgIpc) is 2.57. The monoisotopic (exact) mass is 227 g/mol. The van der Waals surface area contributed by atoms with Gasteiger partial charge in [0.15, 0.2) is 11.7 Å². The highest BCUT2D eigenvalue weighted by Gasteiger charge is 2.42. The second-order valence-corrected chi connectivity index (χ2v) is 3.71. The molecular weight excluding hydrogens is 214 g/mol. The summed E-state index contributed by atoms with van der Waals surface area (Å²) in [5.41, 5.74) is -0.150. The van der Waals surface area contributed by atoms with Crippen LogP contribution >= 0.6 is 0 Å². The van der Waals surface area contributed by atoms with Crippen molar-refractivity contribution < 1.29 is 20.1 Å². The predicted octanol–water partition coefficient (Wildman–Crippen LogP) is -1.54. The van der Waals surface area contributed by atoms with E-state index in [0.717, 1.165) is 0 Å². The second-order valence-electron chi connectivity index (χ2n) is 3.71. The van der Waals surface area contributed by atoms with Gasteiger partial charge < -0.3 is 24.6 Å². The van der Waals surface area contributed by atoms with E-state index in [-0.39, 0.29) is 12.0 Å². The van der Waals surface area contributed by atoms with E-state index in [1.807, 2.05) is 0 Å². The minimum absolute atomic E-state index is 0.150. The standard InChI is InChI=1S/C10H13NO5/c12-5-7-8(14)9(15)10(16-7)11-3-1-6(13)2-4-11/h1-4,7-10,12,14-15H,5H2. The Labute approximate surface area is 91.3 Å². The highest BCUT2D eigenvalue weighted by atomic mass is 16.6. The number of aliphatic hydroxyl groups is 3. The summed E-state index contributed by atoms with van der Waals surface area (Å²) in [5.74, 6) is 0. The van der Waals surface area contributed by atoms with Gasteiger partial charge in [-0.05, 0) is 0 Å². The predicted molar refractivity (Wildman–Crippen MR) is 53.7 cm³/mol. The summed E-state index contributed by atoms with van der Waals surface area (Å²) >= 11 is 0. The molecule has 6 nitrogen and oxygen atoms in total. The topological polar surface area (TPSA) is 91.9 Å². The lowest BCUT2D eigenvalue weighted by atomic mass is 10.1. The van der Waals surface area contributed by atoms with Crippen molar-refractivity contribution in [2.45, 2.75) is 24.5 Å². The minimum atomic E-state index is -1.13. The van der Waals surface area contributed by atoms with Crippen molar-refractivity contribution in [3.05, 3.63) is 34.7 Å². The zero-order chi connectivity index (χ0) is 11.7. The summed E-state index contributed by atoms with van der Waals surface area (Å²) in [4.78, 5) is 10.9. The van der Waals surface area contributed by atoms with Gasteiger partial charge in [0.1, 0.15) is 18.3 Å². The first-order valence-electron chi connectivity index (χ1n) is 4.94. The van der Waals surface area contributed by atoms with Gasteiger partial charge in [-0.25, -0.2) is 0 Å². The molecule has 0 spiro atoms. The van der Waals surface area contributed by atoms with Crippen LogP contribution in [0.15, 0.2) is 29.3 Å². The average molecular weight is 227 g/mol. The van der Waals surface area contributed by atoms with E-state index < -0.39 is 24.5 Å². The smallest absolute Gasteiger partial charge is 0.181 e. The third-order valence-electron chi connectivity index (χ3n) is 2.63. The van der Waals surface area contributed by atoms with Crippen LogP contribution in [0, 0.1) is 0 Å². The Morgan fingerprint density at radius 2 is 1.88 bits per heavy atom. The molecule has 0 aliphatic carbocycles. The van der Waals surface area contributed by atoms with Gasteiger partial charge in [-0.3, -0.25) is 4.79 Å². The minimum Gasteiger partial charge on any atom is -0.394 e. The molecule has 1 fully saturated rings. The molecule has 4 atom stereocenters. The molecule has 2 heterocycles. The van der Waals surface area contributed by atoms with Crippen molar-refractivity contribution in [3.63, 3.8) is 0 Å². The Hall–Kier alpha value is -1.21. The summed E-state index contributed by atoms with van der Waals surface area (Å²) in [6.07, 6.45) is -0.924. The zero-order valence-electron chi connectivity index (χ0n) is 8.43. The summed E-state index contributed by atoms with van der Waals surface area (Å²) in [5, 5.41) is 28.1. The molecule has 0 bridgehead atoms. The molecule has 1 aliphatic rings. The number of nitrogens with zero attached hydrogens (tertiary/aromatic N) is 1. The second kappa shape index (κ2) is 4.34. The van der Waals surface area contributed by atoms with Crippen molar-refractivity contribution in [1.82, 2.24) is 4.57 Å². The van der Waals surface area contributed by atoms with E-state index in [1.165, 1.54) is 29.1 Å². The van der Waals surface area contributed by atoms with Gasteiger partial charge in [-0.2, -0.15) is 0 Å². The molecule has 2 rings (SSSR count). The molecule has 0 saturated carbocycles. The summed E-state index contributed by atoms with van der Waals surface area (Å²) in [7, 11) is 0. The van der Waals surface area contributed by atoms with Crippen LogP contribution in [0.3, 0.4) is 0 Å². The molecule has 6 heteroatoms. The molecule has 0 amide bonds. The van der Waals surface area contributed by atoms with E-state index >= 15 is 0 Å². The summed E-state index contributed by atoms with van der Waals surface area (Å²) in [6.45, 7) is -0.366. The van der Waals surface area contributed by atoms with Crippen molar-refractivity contribution in [2.24, 2.45) is 0 Å². The van der Waals surface area contributed by atoms with Crippen molar-refractivity contribution in [1.29, 1.82) is 0 Å². The van der Waals surface area contributed by atoms with Gasteiger partial charge in [-0.15, -0.1) is 0 Å². The normalized spacial score (nSPS) is 34.2. The fourth-order valence-electron chi connectivity index (χ4n) is 1.72. The summed E-state index contributed by atoms with van der Waals surface area (Å²) < 4.78 is 6.75. The number of rotatable bonds is 2. The largest absolute Gasteiger partial charge is 0.394 e. The van der Waals surface area contributed by atoms with Crippen LogP contribution in [-0.2, 0) is 4.74 Å². The van der Waals surface area contributed by atoms with Gasteiger partial charge in [0.05, 0.1) is 6.61 Å². The van der Waals surface area contributed by atoms with Gasteiger partial charge in [0.25, 0.3) is 0 Å².